The Morgan fingerprint density at radius 2 is 0.984 bits per heavy atom. The van der Waals surface area contributed by atoms with Crippen LogP contribution in [0.4, 0.5) is 0 Å². The van der Waals surface area contributed by atoms with Crippen LogP contribution in [0.1, 0.15) is 181 Å². The molecule has 0 unspecified atom stereocenters. The summed E-state index contributed by atoms with van der Waals surface area (Å²) in [4.78, 5) is 22.3. The molecule has 0 spiro atoms. The van der Waals surface area contributed by atoms with Crippen molar-refractivity contribution in [2.24, 2.45) is 0 Å². The van der Waals surface area contributed by atoms with Gasteiger partial charge in [0.05, 0.1) is 19.8 Å². The van der Waals surface area contributed by atoms with Crippen LogP contribution in [0.2, 0.25) is 0 Å². The number of allylic oxidation sites excluding steroid dienone is 10. The molecule has 0 bridgehead atoms. The van der Waals surface area contributed by atoms with Crippen molar-refractivity contribution in [2.75, 3.05) is 26.4 Å². The minimum atomic E-state index is -0.931. The second-order valence-electron chi connectivity index (χ2n) is 15.9. The second-order valence-corrected chi connectivity index (χ2v) is 15.9. The average Bonchev–Trinajstić information content (AvgIpc) is 3.15. The number of hydrogen-bond donors (Lipinski definition) is 2. The first-order chi connectivity index (χ1) is 27.8. The van der Waals surface area contributed by atoms with Crippen molar-refractivity contribution >= 4 is 23.1 Å². The van der Waals surface area contributed by atoms with Crippen LogP contribution < -0.4 is 39.0 Å². The first kappa shape index (κ1) is 61.6. The fraction of sp³-hybridized carbons (Fsp3) is 0.500. The Morgan fingerprint density at radius 3 is 1.28 bits per heavy atom. The van der Waals surface area contributed by atoms with E-state index in [4.69, 9.17) is 24.4 Å². The van der Waals surface area contributed by atoms with Crippen LogP contribution in [0.3, 0.4) is 0 Å². The molecular weight excluding hydrogens is 776 g/mol. The van der Waals surface area contributed by atoms with Gasteiger partial charge in [-0.15, -0.1) is 0 Å². The number of carboxylic acid groups (broad SMARTS) is 1. The fourth-order valence-electron chi connectivity index (χ4n) is 5.72. The number of hydrogen-bond acceptors (Lipinski definition) is 7. The Kier molecular flexibility index (Phi) is 34.3. The standard InChI is InChI=1S/C26H38O3.C24H34O3.C2H6O.Na.H2O/c1-9-14-29-26-23(19(5)6)16-22(18(3)4)17-24(26)21(8)13-11-12-20(7)15-25(27)28-10-2;1-8-12-27-24-21(17(4)5)14-20(16(2)3)15-22(24)19(7)11-9-10-18(6)13-23(25)26;1-2-3;;/h11-13,15-19H,9-10,14H2,1-8H3;9-11,13-17H,8,12H2,1-7H3,(H,25,26);3H,2H2,1H3;;1H2/q;;;+1;/p-1/b12-11+,20-15+,21-13-;10-9+,18-13+,19-11-;;;. The molecule has 0 saturated carbocycles. The molecule has 0 aliphatic rings. The van der Waals surface area contributed by atoms with Gasteiger partial charge < -0.3 is 29.9 Å². The van der Waals surface area contributed by atoms with Gasteiger partial charge in [-0.05, 0) is 135 Å². The number of carboxylic acids is 1. The molecule has 0 atom stereocenters. The summed E-state index contributed by atoms with van der Waals surface area (Å²) in [6, 6.07) is 9.04. The molecule has 0 amide bonds. The molecule has 0 radical (unpaired) electrons. The molecule has 2 rings (SSSR count). The first-order valence-electron chi connectivity index (χ1n) is 21.5. The SMILES string of the molecule is CCCOc1c(\C(C)=C/C=C/C(C)=C/C(=O)O)cc(C(C)C)cc1C(C)C.CCCOc1c(\C(C)=C/C=C/C(C)=C/C(=O)OCC)cc(C(C)C)cc1C(C)C.CCO.[Na+].[OH-]. The zero-order valence-electron chi connectivity index (χ0n) is 40.9. The van der Waals surface area contributed by atoms with Gasteiger partial charge in [0.1, 0.15) is 11.5 Å². The quantitative estimate of drug-likeness (QED) is 0.0618. The summed E-state index contributed by atoms with van der Waals surface area (Å²) in [5.74, 6) is 2.37. The zero-order valence-corrected chi connectivity index (χ0v) is 42.9. The number of aliphatic hydroxyl groups excluding tert-OH is 1. The molecule has 3 N–H and O–H groups in total. The molecule has 61 heavy (non-hydrogen) atoms. The third kappa shape index (κ3) is 24.0. The maximum Gasteiger partial charge on any atom is 1.00 e. The van der Waals surface area contributed by atoms with E-state index >= 15 is 0 Å². The molecule has 2 aromatic rings. The average molecular weight is 855 g/mol. The van der Waals surface area contributed by atoms with Crippen molar-refractivity contribution in [3.05, 3.63) is 117 Å². The van der Waals surface area contributed by atoms with Gasteiger partial charge in [-0.2, -0.15) is 0 Å². The van der Waals surface area contributed by atoms with Crippen molar-refractivity contribution < 1.29 is 69.0 Å². The molecule has 0 aromatic heterocycles. The molecular formula is C52H79NaO8. The van der Waals surface area contributed by atoms with Crippen molar-refractivity contribution in [1.29, 1.82) is 0 Å². The minimum absolute atomic E-state index is 0. The van der Waals surface area contributed by atoms with Gasteiger partial charge in [0.15, 0.2) is 0 Å². The van der Waals surface area contributed by atoms with Crippen molar-refractivity contribution in [1.82, 2.24) is 0 Å². The van der Waals surface area contributed by atoms with Crippen molar-refractivity contribution in [3.8, 4) is 11.5 Å². The summed E-state index contributed by atoms with van der Waals surface area (Å²) in [5.41, 5.74) is 11.2. The van der Waals surface area contributed by atoms with E-state index in [2.05, 4.69) is 113 Å². The third-order valence-electron chi connectivity index (χ3n) is 9.00. The molecule has 2 aromatic carbocycles. The van der Waals surface area contributed by atoms with Gasteiger partial charge in [-0.1, -0.05) is 118 Å². The number of benzene rings is 2. The van der Waals surface area contributed by atoms with Gasteiger partial charge in [0, 0.05) is 29.9 Å². The summed E-state index contributed by atoms with van der Waals surface area (Å²) < 4.78 is 17.3. The van der Waals surface area contributed by atoms with Crippen LogP contribution in [-0.2, 0) is 14.3 Å². The number of carbonyl (C=O) groups is 2. The molecule has 336 valence electrons. The number of aliphatic carboxylic acids is 1. The van der Waals surface area contributed by atoms with Gasteiger partial charge >= 0.3 is 41.5 Å². The maximum absolute atomic E-state index is 11.6. The molecule has 8 nitrogen and oxygen atoms in total. The molecule has 0 saturated heterocycles. The van der Waals surface area contributed by atoms with E-state index in [-0.39, 0.29) is 47.6 Å². The molecule has 0 aliphatic heterocycles. The molecule has 0 heterocycles. The van der Waals surface area contributed by atoms with E-state index in [1.165, 1.54) is 34.4 Å². The Bertz CT molecular complexity index is 1790. The maximum atomic E-state index is 11.6. The van der Waals surface area contributed by atoms with Crippen LogP contribution in [0.25, 0.3) is 11.1 Å². The van der Waals surface area contributed by atoms with E-state index in [0.29, 0.717) is 49.1 Å². The number of rotatable bonds is 19. The summed E-state index contributed by atoms with van der Waals surface area (Å²) in [7, 11) is 0. The van der Waals surface area contributed by atoms with E-state index in [9.17, 15) is 9.59 Å². The summed E-state index contributed by atoms with van der Waals surface area (Å²) >= 11 is 0. The minimum Gasteiger partial charge on any atom is -0.870 e. The van der Waals surface area contributed by atoms with E-state index in [1.54, 1.807) is 26.8 Å². The molecule has 0 aliphatic carbocycles. The van der Waals surface area contributed by atoms with Crippen molar-refractivity contribution in [2.45, 2.75) is 147 Å². The monoisotopic (exact) mass is 855 g/mol. The Balaban J connectivity index is -0.00000101. The van der Waals surface area contributed by atoms with Gasteiger partial charge in [0.25, 0.3) is 0 Å². The normalized spacial score (nSPS) is 12.2. The van der Waals surface area contributed by atoms with E-state index < -0.39 is 5.97 Å². The van der Waals surface area contributed by atoms with Gasteiger partial charge in [-0.3, -0.25) is 0 Å². The number of aliphatic hydroxyl groups is 1. The molecule has 0 fully saturated rings. The van der Waals surface area contributed by atoms with Crippen LogP contribution in [0, 0.1) is 0 Å². The Morgan fingerprint density at radius 1 is 0.623 bits per heavy atom. The van der Waals surface area contributed by atoms with Crippen LogP contribution in [0.15, 0.2) is 84.0 Å². The largest absolute Gasteiger partial charge is 1.00 e. The zero-order chi connectivity index (χ0) is 45.2. The predicted octanol–water partition coefficient (Wildman–Crippen LogP) is 10.7. The van der Waals surface area contributed by atoms with Crippen LogP contribution in [0.5, 0.6) is 11.5 Å². The third-order valence-corrected chi connectivity index (χ3v) is 9.00. The van der Waals surface area contributed by atoms with Crippen molar-refractivity contribution in [3.63, 3.8) is 0 Å². The van der Waals surface area contributed by atoms with Gasteiger partial charge in [-0.25, -0.2) is 9.59 Å². The summed E-state index contributed by atoms with van der Waals surface area (Å²) in [5, 5.41) is 16.4. The molecule has 9 heteroatoms. The predicted molar refractivity (Wildman–Crippen MR) is 253 cm³/mol. The van der Waals surface area contributed by atoms with Gasteiger partial charge in [0.2, 0.25) is 0 Å². The smallest absolute Gasteiger partial charge is 0.870 e. The summed E-state index contributed by atoms with van der Waals surface area (Å²) in [6.07, 6.45) is 16.3. The van der Waals surface area contributed by atoms with Crippen LogP contribution in [-0.4, -0.2) is 54.1 Å². The first-order valence-corrected chi connectivity index (χ1v) is 21.5. The topological polar surface area (TPSA) is 132 Å². The fourth-order valence-corrected chi connectivity index (χ4v) is 5.72. The van der Waals surface area contributed by atoms with E-state index in [1.807, 2.05) is 31.2 Å². The number of ether oxygens (including phenoxy) is 3. The number of carbonyl (C=O) groups excluding carboxylic acids is 1. The Hall–Kier alpha value is -3.66. The second kappa shape index (κ2) is 33.9. The van der Waals surface area contributed by atoms with Crippen LogP contribution >= 0.6 is 0 Å². The number of esters is 1. The summed E-state index contributed by atoms with van der Waals surface area (Å²) in [6.45, 7) is 35.3. The van der Waals surface area contributed by atoms with E-state index in [0.717, 1.165) is 52.2 Å². The Labute approximate surface area is 392 Å².